The van der Waals surface area contributed by atoms with Gasteiger partial charge in [-0.3, -0.25) is 9.59 Å². The lowest BCUT2D eigenvalue weighted by Crippen LogP contribution is -2.54. The van der Waals surface area contributed by atoms with Crippen LogP contribution < -0.4 is 4.90 Å². The van der Waals surface area contributed by atoms with Gasteiger partial charge in [0.1, 0.15) is 23.7 Å². The van der Waals surface area contributed by atoms with Crippen LogP contribution in [0.4, 0.5) is 5.82 Å². The topological polar surface area (TPSA) is 85.4 Å². The highest BCUT2D eigenvalue weighted by molar-refractivity contribution is 6.01. The second-order valence-electron chi connectivity index (χ2n) is 9.25. The molecule has 8 nitrogen and oxygen atoms in total. The summed E-state index contributed by atoms with van der Waals surface area (Å²) in [6.07, 6.45) is 4.92. The van der Waals surface area contributed by atoms with Crippen molar-refractivity contribution in [1.82, 2.24) is 24.8 Å². The van der Waals surface area contributed by atoms with Crippen molar-refractivity contribution in [2.45, 2.75) is 32.4 Å². The van der Waals surface area contributed by atoms with Crippen LogP contribution >= 0.6 is 0 Å². The molecular weight excluding hydrogens is 416 g/mol. The molecule has 0 spiro atoms. The molecule has 2 saturated heterocycles. The Balaban J connectivity index is 1.28. The normalized spacial score (nSPS) is 23.3. The number of likely N-dealkylation sites (tertiary alicyclic amines) is 2. The van der Waals surface area contributed by atoms with Crippen molar-refractivity contribution in [3.8, 4) is 0 Å². The number of piperidine rings is 1. The summed E-state index contributed by atoms with van der Waals surface area (Å²) < 4.78 is 0. The van der Waals surface area contributed by atoms with Crippen molar-refractivity contribution in [3.63, 3.8) is 0 Å². The second kappa shape index (κ2) is 8.84. The van der Waals surface area contributed by atoms with Crippen LogP contribution in [0.3, 0.4) is 0 Å². The largest absolute Gasteiger partial charge is 0.354 e. The molecule has 33 heavy (non-hydrogen) atoms. The first-order valence-corrected chi connectivity index (χ1v) is 11.7. The zero-order chi connectivity index (χ0) is 22.9. The van der Waals surface area contributed by atoms with E-state index >= 15 is 0 Å². The van der Waals surface area contributed by atoms with Crippen molar-refractivity contribution < 1.29 is 9.59 Å². The third kappa shape index (κ3) is 4.05. The number of hydrogen-bond donors (Lipinski definition) is 1. The highest BCUT2D eigenvalue weighted by Gasteiger charge is 2.41. The third-order valence-corrected chi connectivity index (χ3v) is 7.21. The van der Waals surface area contributed by atoms with Crippen LogP contribution in [-0.4, -0.2) is 69.3 Å². The molecule has 0 bridgehead atoms. The molecule has 2 aliphatic heterocycles. The van der Waals surface area contributed by atoms with Gasteiger partial charge in [0.25, 0.3) is 0 Å². The molecule has 0 unspecified atom stereocenters. The number of nitrogens with one attached hydrogen (secondary N) is 1. The van der Waals surface area contributed by atoms with E-state index in [0.717, 1.165) is 28.8 Å². The lowest BCUT2D eigenvalue weighted by atomic mass is 9.91. The molecule has 0 saturated carbocycles. The average Bonchev–Trinajstić information content (AvgIpc) is 3.46. The van der Waals surface area contributed by atoms with Crippen LogP contribution in [0.25, 0.3) is 11.0 Å². The van der Waals surface area contributed by atoms with E-state index < -0.39 is 5.92 Å². The molecule has 2 fully saturated rings. The highest BCUT2D eigenvalue weighted by atomic mass is 16.2. The first kappa shape index (κ1) is 21.4. The Hall–Kier alpha value is -3.42. The molecule has 2 aliphatic rings. The van der Waals surface area contributed by atoms with Crippen LogP contribution in [0.5, 0.6) is 0 Å². The summed E-state index contributed by atoms with van der Waals surface area (Å²) in [5.74, 6) is 0.617. The molecule has 0 aliphatic carbocycles. The highest BCUT2D eigenvalue weighted by Crippen LogP contribution is 2.30. The van der Waals surface area contributed by atoms with Crippen LogP contribution in [0.2, 0.25) is 0 Å². The second-order valence-corrected chi connectivity index (χ2v) is 9.25. The fourth-order valence-electron chi connectivity index (χ4n) is 5.20. The number of benzene rings is 1. The van der Waals surface area contributed by atoms with Crippen molar-refractivity contribution in [1.29, 1.82) is 0 Å². The maximum Gasteiger partial charge on any atom is 0.235 e. The summed E-state index contributed by atoms with van der Waals surface area (Å²) >= 11 is 0. The van der Waals surface area contributed by atoms with Crippen LogP contribution in [0, 0.1) is 11.8 Å². The van der Waals surface area contributed by atoms with Gasteiger partial charge >= 0.3 is 0 Å². The summed E-state index contributed by atoms with van der Waals surface area (Å²) in [5, 5.41) is 0.971. The summed E-state index contributed by atoms with van der Waals surface area (Å²) in [4.78, 5) is 44.3. The molecule has 2 amide bonds. The lowest BCUT2D eigenvalue weighted by Gasteiger charge is -2.42. The maximum atomic E-state index is 13.4. The van der Waals surface area contributed by atoms with E-state index in [2.05, 4.69) is 26.8 Å². The number of H-pyrrole nitrogens is 1. The van der Waals surface area contributed by atoms with Crippen molar-refractivity contribution >= 4 is 28.7 Å². The van der Waals surface area contributed by atoms with Gasteiger partial charge in [0.05, 0.1) is 11.4 Å². The Labute approximate surface area is 193 Å². The standard InChI is InChI=1S/C25H30N6O2/c1-17-9-12-31(15-21(17)29(2)23-19-8-11-26-22(19)27-16-28-23)25(33)20-10-13-30(24(20)32)14-18-6-4-3-5-7-18/h3-8,11,16-17,20-21H,9-10,12-15H2,1-2H3,(H,26,27,28)/t17-,20+,21-/m1/s1. The fraction of sp³-hybridized carbons (Fsp3) is 0.440. The van der Waals surface area contributed by atoms with Gasteiger partial charge in [-0.15, -0.1) is 0 Å². The molecule has 2 aromatic heterocycles. The Morgan fingerprint density at radius 1 is 1.15 bits per heavy atom. The van der Waals surface area contributed by atoms with Crippen molar-refractivity contribution in [3.05, 3.63) is 54.5 Å². The number of aromatic amines is 1. The molecule has 0 radical (unpaired) electrons. The van der Waals surface area contributed by atoms with E-state index in [1.165, 1.54) is 0 Å². The van der Waals surface area contributed by atoms with Gasteiger partial charge in [0.15, 0.2) is 0 Å². The van der Waals surface area contributed by atoms with E-state index in [0.29, 0.717) is 38.5 Å². The number of nitrogens with zero attached hydrogens (tertiary/aromatic N) is 5. The lowest BCUT2D eigenvalue weighted by molar-refractivity contribution is -0.144. The quantitative estimate of drug-likeness (QED) is 0.609. The minimum absolute atomic E-state index is 0.0321. The SMILES string of the molecule is C[C@@H]1CCN(C(=O)[C@H]2CCN(Cc3ccccc3)C2=O)C[C@H]1N(C)c1ncnc2[nH]ccc12. The van der Waals surface area contributed by atoms with Crippen LogP contribution in [-0.2, 0) is 16.1 Å². The van der Waals surface area contributed by atoms with Crippen LogP contribution in [0.15, 0.2) is 48.9 Å². The number of carbonyl (C=O) groups is 2. The number of rotatable bonds is 5. The molecule has 1 aromatic carbocycles. The van der Waals surface area contributed by atoms with E-state index in [4.69, 9.17) is 0 Å². The Morgan fingerprint density at radius 3 is 2.79 bits per heavy atom. The predicted molar refractivity (Wildman–Crippen MR) is 126 cm³/mol. The van der Waals surface area contributed by atoms with Crippen LogP contribution in [0.1, 0.15) is 25.3 Å². The van der Waals surface area contributed by atoms with E-state index in [1.807, 2.05) is 59.4 Å². The zero-order valence-corrected chi connectivity index (χ0v) is 19.1. The number of hydrogen-bond acceptors (Lipinski definition) is 5. The maximum absolute atomic E-state index is 13.4. The Bertz CT molecular complexity index is 1150. The summed E-state index contributed by atoms with van der Waals surface area (Å²) in [6, 6.07) is 12.1. The molecule has 3 aromatic rings. The minimum Gasteiger partial charge on any atom is -0.354 e. The molecule has 1 N–H and O–H groups in total. The third-order valence-electron chi connectivity index (χ3n) is 7.21. The van der Waals surface area contributed by atoms with Gasteiger partial charge in [-0.2, -0.15) is 0 Å². The van der Waals surface area contributed by atoms with Gasteiger partial charge < -0.3 is 19.7 Å². The van der Waals surface area contributed by atoms with E-state index in [-0.39, 0.29) is 17.9 Å². The summed E-state index contributed by atoms with van der Waals surface area (Å²) in [7, 11) is 2.03. The zero-order valence-electron chi connectivity index (χ0n) is 19.1. The van der Waals surface area contributed by atoms with Gasteiger partial charge in [-0.25, -0.2) is 9.97 Å². The first-order valence-electron chi connectivity index (χ1n) is 11.7. The average molecular weight is 447 g/mol. The molecule has 4 heterocycles. The predicted octanol–water partition coefficient (Wildman–Crippen LogP) is 2.68. The number of likely N-dealkylation sites (N-methyl/N-ethyl adjacent to an activating group) is 1. The molecule has 5 rings (SSSR count). The van der Waals surface area contributed by atoms with Gasteiger partial charge in [-0.1, -0.05) is 37.3 Å². The Kier molecular flexibility index (Phi) is 5.74. The van der Waals surface area contributed by atoms with Gasteiger partial charge in [0.2, 0.25) is 11.8 Å². The monoisotopic (exact) mass is 446 g/mol. The van der Waals surface area contributed by atoms with Gasteiger partial charge in [-0.05, 0) is 30.4 Å². The van der Waals surface area contributed by atoms with E-state index in [1.54, 1.807) is 6.33 Å². The molecule has 3 atom stereocenters. The molecule has 8 heteroatoms. The Morgan fingerprint density at radius 2 is 1.97 bits per heavy atom. The van der Waals surface area contributed by atoms with Crippen molar-refractivity contribution in [2.75, 3.05) is 31.6 Å². The minimum atomic E-state index is -0.566. The molecule has 172 valence electrons. The number of carbonyl (C=O) groups excluding carboxylic acids is 2. The number of aromatic nitrogens is 3. The number of amides is 2. The van der Waals surface area contributed by atoms with Crippen molar-refractivity contribution in [2.24, 2.45) is 11.8 Å². The summed E-state index contributed by atoms with van der Waals surface area (Å²) in [6.45, 7) is 4.70. The first-order chi connectivity index (χ1) is 16.0. The molecular formula is C25H30N6O2. The van der Waals surface area contributed by atoms with E-state index in [9.17, 15) is 9.59 Å². The summed E-state index contributed by atoms with van der Waals surface area (Å²) in [5.41, 5.74) is 1.90. The van der Waals surface area contributed by atoms with Gasteiger partial charge in [0, 0.05) is 39.4 Å². The fourth-order valence-corrected chi connectivity index (χ4v) is 5.20. The smallest absolute Gasteiger partial charge is 0.235 e. The number of anilines is 1. The number of fused-ring (bicyclic) bond motifs is 1.